The highest BCUT2D eigenvalue weighted by atomic mass is 127. The van der Waals surface area contributed by atoms with E-state index in [1.807, 2.05) is 0 Å². The highest BCUT2D eigenvalue weighted by Gasteiger charge is 2.13. The lowest BCUT2D eigenvalue weighted by Crippen LogP contribution is -3.00. The van der Waals surface area contributed by atoms with Crippen molar-refractivity contribution >= 4 is 0 Å². The summed E-state index contributed by atoms with van der Waals surface area (Å²) in [5, 5.41) is 0. The number of aromatic nitrogens is 3. The summed E-state index contributed by atoms with van der Waals surface area (Å²) >= 11 is 0. The van der Waals surface area contributed by atoms with E-state index in [1.54, 1.807) is 0 Å². The molecular formula is C33H50I3N3. The third kappa shape index (κ3) is 14.4. The molecule has 0 spiro atoms. The van der Waals surface area contributed by atoms with Crippen molar-refractivity contribution in [3.8, 4) is 22.3 Å². The van der Waals surface area contributed by atoms with E-state index >= 15 is 0 Å². The molecule has 0 aromatic carbocycles. The molecule has 39 heavy (non-hydrogen) atoms. The van der Waals surface area contributed by atoms with Crippen LogP contribution in [-0.4, -0.2) is 0 Å². The number of nitrogens with zero attached hydrogens (tertiary/aromatic N) is 3. The molecule has 0 saturated carbocycles. The maximum atomic E-state index is 2.41. The van der Waals surface area contributed by atoms with Crippen molar-refractivity contribution in [2.45, 2.75) is 117 Å². The first-order valence-corrected chi connectivity index (χ1v) is 14.8. The van der Waals surface area contributed by atoms with Gasteiger partial charge >= 0.3 is 0 Å². The standard InChI is InChI=1S/C33H50N3.3HI/c1-4-7-10-13-20-34-23-16-30(17-24-34)32-27-33(29-36(28-32)22-15-12-9-6-3)31-18-25-35(26-19-31)21-14-11-8-5-2;;;/h16-19,23-29H,4-15,20-22H2,1-3H3;3*1H/q+3;;;/p-3. The Hall–Kier alpha value is -0.360. The minimum atomic E-state index is 0. The maximum Gasteiger partial charge on any atom is 0.176 e. The van der Waals surface area contributed by atoms with Crippen molar-refractivity contribution in [3.63, 3.8) is 0 Å². The second kappa shape index (κ2) is 23.2. The minimum absolute atomic E-state index is 0. The Morgan fingerprint density at radius 1 is 0.410 bits per heavy atom. The number of hydrogen-bond acceptors (Lipinski definition) is 0. The molecule has 3 rings (SSSR count). The van der Waals surface area contributed by atoms with Gasteiger partial charge in [0, 0.05) is 54.7 Å². The summed E-state index contributed by atoms with van der Waals surface area (Å²) in [6.45, 7) is 10.1. The van der Waals surface area contributed by atoms with Gasteiger partial charge in [-0.25, -0.2) is 13.7 Å². The van der Waals surface area contributed by atoms with Crippen LogP contribution in [0.5, 0.6) is 0 Å². The summed E-state index contributed by atoms with van der Waals surface area (Å²) in [5.41, 5.74) is 5.20. The van der Waals surface area contributed by atoms with Crippen LogP contribution in [0, 0.1) is 0 Å². The Bertz CT molecular complexity index is 934. The molecule has 0 saturated heterocycles. The largest absolute Gasteiger partial charge is 1.00 e. The van der Waals surface area contributed by atoms with Crippen LogP contribution in [0.2, 0.25) is 0 Å². The Balaban J connectivity index is 0.00000481. The predicted octanol–water partition coefficient (Wildman–Crippen LogP) is -1.36. The van der Waals surface area contributed by atoms with Crippen LogP contribution in [0.15, 0.2) is 67.5 Å². The zero-order valence-corrected chi connectivity index (χ0v) is 30.9. The first-order valence-electron chi connectivity index (χ1n) is 14.8. The van der Waals surface area contributed by atoms with Crippen molar-refractivity contribution in [2.24, 2.45) is 0 Å². The summed E-state index contributed by atoms with van der Waals surface area (Å²) in [6, 6.07) is 11.5. The predicted molar refractivity (Wildman–Crippen MR) is 150 cm³/mol. The number of aryl methyl sites for hydroxylation is 3. The van der Waals surface area contributed by atoms with Gasteiger partial charge in [-0.3, -0.25) is 0 Å². The van der Waals surface area contributed by atoms with Gasteiger partial charge < -0.3 is 71.9 Å². The fraction of sp³-hybridized carbons (Fsp3) is 0.545. The van der Waals surface area contributed by atoms with Gasteiger partial charge in [-0.1, -0.05) is 59.3 Å². The van der Waals surface area contributed by atoms with E-state index in [9.17, 15) is 0 Å². The number of unbranched alkanes of at least 4 members (excludes halogenated alkanes) is 9. The number of halogens is 3. The SMILES string of the molecule is CCCCCC[n+]1ccc(-c2cc(-c3cc[n+](CCCCCC)cc3)c[n+](CCCCCC)c2)cc1.[I-].[I-].[I-]. The van der Waals surface area contributed by atoms with E-state index in [4.69, 9.17) is 0 Å². The first kappa shape index (κ1) is 38.6. The van der Waals surface area contributed by atoms with Gasteiger partial charge in [0.15, 0.2) is 37.2 Å². The van der Waals surface area contributed by atoms with Gasteiger partial charge in [0.05, 0.1) is 0 Å². The third-order valence-corrected chi connectivity index (χ3v) is 7.18. The second-order valence-corrected chi connectivity index (χ2v) is 10.4. The highest BCUT2D eigenvalue weighted by Crippen LogP contribution is 2.24. The third-order valence-electron chi connectivity index (χ3n) is 7.18. The lowest BCUT2D eigenvalue weighted by Gasteiger charge is -2.07. The van der Waals surface area contributed by atoms with E-state index in [2.05, 4.69) is 102 Å². The summed E-state index contributed by atoms with van der Waals surface area (Å²) in [4.78, 5) is 0. The molecule has 6 heteroatoms. The molecule has 218 valence electrons. The lowest BCUT2D eigenvalue weighted by molar-refractivity contribution is -0.697. The fourth-order valence-electron chi connectivity index (χ4n) is 4.84. The summed E-state index contributed by atoms with van der Waals surface area (Å²) in [7, 11) is 0. The van der Waals surface area contributed by atoms with Crippen molar-refractivity contribution in [3.05, 3.63) is 67.5 Å². The molecule has 3 nitrogen and oxygen atoms in total. The van der Waals surface area contributed by atoms with Crippen molar-refractivity contribution < 1.29 is 85.6 Å². The lowest BCUT2D eigenvalue weighted by atomic mass is 10.0. The monoisotopic (exact) mass is 869 g/mol. The summed E-state index contributed by atoms with van der Waals surface area (Å²) in [6.07, 6.45) is 29.2. The van der Waals surface area contributed by atoms with E-state index in [1.165, 1.54) is 99.3 Å². The molecule has 0 unspecified atom stereocenters. The van der Waals surface area contributed by atoms with Crippen molar-refractivity contribution in [1.82, 2.24) is 0 Å². The molecule has 0 aliphatic carbocycles. The van der Waals surface area contributed by atoms with Crippen LogP contribution < -0.4 is 85.6 Å². The molecule has 0 amide bonds. The van der Waals surface area contributed by atoms with Crippen molar-refractivity contribution in [1.29, 1.82) is 0 Å². The van der Waals surface area contributed by atoms with Crippen LogP contribution >= 0.6 is 0 Å². The highest BCUT2D eigenvalue weighted by molar-refractivity contribution is 5.69. The average molecular weight is 869 g/mol. The molecule has 0 aliphatic rings. The average Bonchev–Trinajstić information content (AvgIpc) is 2.92. The zero-order chi connectivity index (χ0) is 25.4. The quantitative estimate of drug-likeness (QED) is 0.0905. The first-order chi connectivity index (χ1) is 17.7. The molecule has 3 heterocycles. The Morgan fingerprint density at radius 2 is 0.744 bits per heavy atom. The normalized spacial score (nSPS) is 10.3. The van der Waals surface area contributed by atoms with Crippen molar-refractivity contribution in [2.75, 3.05) is 0 Å². The van der Waals surface area contributed by atoms with Crippen LogP contribution in [0.3, 0.4) is 0 Å². The Morgan fingerprint density at radius 3 is 1.08 bits per heavy atom. The molecule has 3 aromatic rings. The minimum Gasteiger partial charge on any atom is -1.00 e. The van der Waals surface area contributed by atoms with Crippen LogP contribution in [0.25, 0.3) is 22.3 Å². The van der Waals surface area contributed by atoms with Crippen LogP contribution in [-0.2, 0) is 19.6 Å². The summed E-state index contributed by atoms with van der Waals surface area (Å²) < 4.78 is 7.08. The molecule has 0 fully saturated rings. The van der Waals surface area contributed by atoms with Crippen LogP contribution in [0.4, 0.5) is 0 Å². The topological polar surface area (TPSA) is 11.6 Å². The van der Waals surface area contributed by atoms with E-state index in [0.29, 0.717) is 0 Å². The number of pyridine rings is 3. The van der Waals surface area contributed by atoms with Gasteiger partial charge in [-0.2, -0.15) is 0 Å². The van der Waals surface area contributed by atoms with E-state index < -0.39 is 0 Å². The van der Waals surface area contributed by atoms with Gasteiger partial charge in [0.1, 0.15) is 19.6 Å². The molecule has 0 atom stereocenters. The second-order valence-electron chi connectivity index (χ2n) is 10.4. The molecule has 3 aromatic heterocycles. The van der Waals surface area contributed by atoms with Gasteiger partial charge in [-0.05, 0) is 36.5 Å². The fourth-order valence-corrected chi connectivity index (χ4v) is 4.84. The maximum absolute atomic E-state index is 2.41. The van der Waals surface area contributed by atoms with E-state index in [-0.39, 0.29) is 71.9 Å². The smallest absolute Gasteiger partial charge is 0.176 e. The summed E-state index contributed by atoms with van der Waals surface area (Å²) in [5.74, 6) is 0. The van der Waals surface area contributed by atoms with Gasteiger partial charge in [0.2, 0.25) is 0 Å². The van der Waals surface area contributed by atoms with Gasteiger partial charge in [-0.15, -0.1) is 0 Å². The van der Waals surface area contributed by atoms with E-state index in [0.717, 1.165) is 19.6 Å². The molecule has 0 radical (unpaired) electrons. The molecule has 0 aliphatic heterocycles. The van der Waals surface area contributed by atoms with Crippen LogP contribution in [0.1, 0.15) is 97.8 Å². The number of rotatable bonds is 17. The Labute approximate surface area is 290 Å². The molecule has 0 N–H and O–H groups in total. The molecule has 0 bridgehead atoms. The Kier molecular flexibility index (Phi) is 23.0. The van der Waals surface area contributed by atoms with Gasteiger partial charge in [0.25, 0.3) is 0 Å². The molecular weight excluding hydrogens is 819 g/mol. The zero-order valence-electron chi connectivity index (χ0n) is 24.4. The number of hydrogen-bond donors (Lipinski definition) is 0.